The van der Waals surface area contributed by atoms with Crippen molar-refractivity contribution in [1.82, 2.24) is 0 Å². The van der Waals surface area contributed by atoms with Crippen LogP contribution in [-0.4, -0.2) is 24.2 Å². The topological polar surface area (TPSA) is 40.5 Å². The molecule has 3 nitrogen and oxygen atoms in total. The van der Waals surface area contributed by atoms with Crippen LogP contribution in [-0.2, 0) is 0 Å². The molecule has 0 aliphatic carbocycles. The van der Waals surface area contributed by atoms with Gasteiger partial charge < -0.3 is 10.0 Å². The average molecular weight is 282 g/mol. The van der Waals surface area contributed by atoms with Gasteiger partial charge in [0.25, 0.3) is 0 Å². The normalized spacial score (nSPS) is 16.9. The maximum Gasteiger partial charge on any atom is 0.337 e. The highest BCUT2D eigenvalue weighted by Crippen LogP contribution is 2.34. The second-order valence-corrected chi connectivity index (χ2v) is 5.92. The smallest absolute Gasteiger partial charge is 0.337 e. The molecule has 1 N–H and O–H groups in total. The minimum Gasteiger partial charge on any atom is -0.478 e. The van der Waals surface area contributed by atoms with E-state index in [1.165, 1.54) is 0 Å². The molecule has 0 atom stereocenters. The molecule has 104 valence electrons. The summed E-state index contributed by atoms with van der Waals surface area (Å²) in [6, 6.07) is 5.08. The summed E-state index contributed by atoms with van der Waals surface area (Å²) in [5.74, 6) is 0.503. The number of carboxylic acid groups (broad SMARTS) is 1. The predicted octanol–water partition coefficient (Wildman–Crippen LogP) is 3.91. The number of halogens is 1. The van der Waals surface area contributed by atoms with Gasteiger partial charge in [0.2, 0.25) is 0 Å². The van der Waals surface area contributed by atoms with E-state index in [0.717, 1.165) is 31.8 Å². The van der Waals surface area contributed by atoms with E-state index in [4.69, 9.17) is 11.6 Å². The molecule has 0 spiro atoms. The van der Waals surface area contributed by atoms with Gasteiger partial charge in [-0.05, 0) is 36.8 Å². The SMILES string of the molecule is CC(C)C1CCN(c2c(Cl)cccc2C(=O)O)CC1. The molecule has 0 saturated carbocycles. The first-order valence-electron chi connectivity index (χ1n) is 6.77. The maximum atomic E-state index is 11.3. The Morgan fingerprint density at radius 3 is 2.53 bits per heavy atom. The second-order valence-electron chi connectivity index (χ2n) is 5.51. The van der Waals surface area contributed by atoms with Crippen molar-refractivity contribution in [1.29, 1.82) is 0 Å². The van der Waals surface area contributed by atoms with Gasteiger partial charge in [0.05, 0.1) is 16.3 Å². The number of aromatic carboxylic acids is 1. The van der Waals surface area contributed by atoms with Crippen molar-refractivity contribution in [2.45, 2.75) is 26.7 Å². The van der Waals surface area contributed by atoms with Gasteiger partial charge in [-0.1, -0.05) is 31.5 Å². The van der Waals surface area contributed by atoms with Crippen molar-refractivity contribution in [3.63, 3.8) is 0 Å². The fraction of sp³-hybridized carbons (Fsp3) is 0.533. The molecule has 19 heavy (non-hydrogen) atoms. The number of benzene rings is 1. The number of carbonyl (C=O) groups is 1. The summed E-state index contributed by atoms with van der Waals surface area (Å²) >= 11 is 6.20. The van der Waals surface area contributed by atoms with Crippen LogP contribution in [0.1, 0.15) is 37.0 Å². The molecule has 1 aromatic rings. The lowest BCUT2D eigenvalue weighted by Crippen LogP contribution is -2.36. The molecule has 1 aromatic carbocycles. The summed E-state index contributed by atoms with van der Waals surface area (Å²) in [7, 11) is 0. The summed E-state index contributed by atoms with van der Waals surface area (Å²) in [4.78, 5) is 13.4. The second kappa shape index (κ2) is 5.83. The van der Waals surface area contributed by atoms with Crippen molar-refractivity contribution in [2.75, 3.05) is 18.0 Å². The molecule has 1 saturated heterocycles. The van der Waals surface area contributed by atoms with E-state index in [-0.39, 0.29) is 0 Å². The Kier molecular flexibility index (Phi) is 4.35. The first-order valence-corrected chi connectivity index (χ1v) is 7.15. The third-order valence-corrected chi connectivity index (χ3v) is 4.32. The van der Waals surface area contributed by atoms with Gasteiger partial charge in [0.1, 0.15) is 0 Å². The van der Waals surface area contributed by atoms with E-state index in [1.54, 1.807) is 18.2 Å². The summed E-state index contributed by atoms with van der Waals surface area (Å²) in [6.07, 6.45) is 2.20. The van der Waals surface area contributed by atoms with Crippen molar-refractivity contribution >= 4 is 23.3 Å². The van der Waals surface area contributed by atoms with Crippen LogP contribution in [0.2, 0.25) is 5.02 Å². The Morgan fingerprint density at radius 1 is 1.37 bits per heavy atom. The number of hydrogen-bond acceptors (Lipinski definition) is 2. The van der Waals surface area contributed by atoms with Crippen LogP contribution in [0.25, 0.3) is 0 Å². The lowest BCUT2D eigenvalue weighted by Gasteiger charge is -2.36. The highest BCUT2D eigenvalue weighted by Gasteiger charge is 2.25. The van der Waals surface area contributed by atoms with Crippen LogP contribution >= 0.6 is 11.6 Å². The monoisotopic (exact) mass is 281 g/mol. The number of nitrogens with zero attached hydrogens (tertiary/aromatic N) is 1. The largest absolute Gasteiger partial charge is 0.478 e. The average Bonchev–Trinajstić information content (AvgIpc) is 2.38. The molecule has 0 bridgehead atoms. The molecule has 0 amide bonds. The molecule has 0 aromatic heterocycles. The predicted molar refractivity (Wildman–Crippen MR) is 78.2 cm³/mol. The first-order chi connectivity index (χ1) is 9.00. The third kappa shape index (κ3) is 3.03. The van der Waals surface area contributed by atoms with Crippen LogP contribution < -0.4 is 4.90 Å². The van der Waals surface area contributed by atoms with Gasteiger partial charge in [0.15, 0.2) is 0 Å². The number of piperidine rings is 1. The van der Waals surface area contributed by atoms with Crippen LogP contribution in [0.3, 0.4) is 0 Å². The van der Waals surface area contributed by atoms with Crippen LogP contribution in [0.15, 0.2) is 18.2 Å². The molecule has 4 heteroatoms. The van der Waals surface area contributed by atoms with Crippen LogP contribution in [0, 0.1) is 11.8 Å². The van der Waals surface area contributed by atoms with E-state index in [9.17, 15) is 9.90 Å². The fourth-order valence-electron chi connectivity index (χ4n) is 2.80. The van der Waals surface area contributed by atoms with Gasteiger partial charge in [-0.15, -0.1) is 0 Å². The Morgan fingerprint density at radius 2 is 2.00 bits per heavy atom. The number of rotatable bonds is 3. The van der Waals surface area contributed by atoms with E-state index in [1.807, 2.05) is 0 Å². The minimum absolute atomic E-state index is 0.301. The maximum absolute atomic E-state index is 11.3. The molecular weight excluding hydrogens is 262 g/mol. The van der Waals surface area contributed by atoms with Crippen molar-refractivity contribution in [3.05, 3.63) is 28.8 Å². The van der Waals surface area contributed by atoms with Crippen LogP contribution in [0.5, 0.6) is 0 Å². The summed E-state index contributed by atoms with van der Waals surface area (Å²) in [5, 5.41) is 9.81. The van der Waals surface area contributed by atoms with E-state index >= 15 is 0 Å². The van der Waals surface area contributed by atoms with E-state index in [2.05, 4.69) is 18.7 Å². The van der Waals surface area contributed by atoms with E-state index in [0.29, 0.717) is 22.2 Å². The van der Waals surface area contributed by atoms with Crippen LogP contribution in [0.4, 0.5) is 5.69 Å². The molecule has 1 fully saturated rings. The number of anilines is 1. The zero-order chi connectivity index (χ0) is 14.0. The number of hydrogen-bond donors (Lipinski definition) is 1. The van der Waals surface area contributed by atoms with Gasteiger partial charge in [-0.25, -0.2) is 4.79 Å². The van der Waals surface area contributed by atoms with Gasteiger partial charge in [-0.2, -0.15) is 0 Å². The molecule has 2 rings (SSSR count). The number of para-hydroxylation sites is 1. The van der Waals surface area contributed by atoms with Crippen molar-refractivity contribution in [2.24, 2.45) is 11.8 Å². The Hall–Kier alpha value is -1.22. The lowest BCUT2D eigenvalue weighted by atomic mass is 9.86. The summed E-state index contributed by atoms with van der Waals surface area (Å²) in [6.45, 7) is 6.26. The molecular formula is C15H20ClNO2. The minimum atomic E-state index is -0.913. The zero-order valence-electron chi connectivity index (χ0n) is 11.4. The van der Waals surface area contributed by atoms with Crippen molar-refractivity contribution in [3.8, 4) is 0 Å². The highest BCUT2D eigenvalue weighted by atomic mass is 35.5. The Labute approximate surface area is 119 Å². The van der Waals surface area contributed by atoms with Gasteiger partial charge in [-0.3, -0.25) is 0 Å². The molecule has 1 aliphatic heterocycles. The fourth-order valence-corrected chi connectivity index (χ4v) is 3.09. The number of carboxylic acids is 1. The highest BCUT2D eigenvalue weighted by molar-refractivity contribution is 6.34. The molecule has 0 radical (unpaired) electrons. The third-order valence-electron chi connectivity index (χ3n) is 4.02. The van der Waals surface area contributed by atoms with Gasteiger partial charge in [0, 0.05) is 13.1 Å². The first kappa shape index (κ1) is 14.2. The Balaban J connectivity index is 2.22. The van der Waals surface area contributed by atoms with Gasteiger partial charge >= 0.3 is 5.97 Å². The molecule has 1 heterocycles. The Bertz CT molecular complexity index is 465. The summed E-state index contributed by atoms with van der Waals surface area (Å²) in [5.41, 5.74) is 0.981. The quantitative estimate of drug-likeness (QED) is 0.913. The molecule has 0 unspecified atom stereocenters. The summed E-state index contributed by atoms with van der Waals surface area (Å²) < 4.78 is 0. The molecule has 1 aliphatic rings. The zero-order valence-corrected chi connectivity index (χ0v) is 12.2. The standard InChI is InChI=1S/C15H20ClNO2/c1-10(2)11-6-8-17(9-7-11)14-12(15(18)19)4-3-5-13(14)16/h3-5,10-11H,6-9H2,1-2H3,(H,18,19). The lowest BCUT2D eigenvalue weighted by molar-refractivity contribution is 0.0697. The van der Waals surface area contributed by atoms with E-state index < -0.39 is 5.97 Å². The van der Waals surface area contributed by atoms with Crippen molar-refractivity contribution < 1.29 is 9.90 Å².